The van der Waals surface area contributed by atoms with Crippen molar-refractivity contribution in [3.63, 3.8) is 0 Å². The number of carboxylic acids is 1. The Bertz CT molecular complexity index is 1980. The molecule has 0 spiro atoms. The summed E-state index contributed by atoms with van der Waals surface area (Å²) in [6.45, 7) is -2.39. The van der Waals surface area contributed by atoms with Crippen molar-refractivity contribution in [3.05, 3.63) is 94.0 Å². The van der Waals surface area contributed by atoms with Crippen LogP contribution in [0.4, 0.5) is 36.4 Å². The van der Waals surface area contributed by atoms with Gasteiger partial charge in [0.05, 0.1) is 12.1 Å². The Hall–Kier alpha value is -5.81. The third-order valence-corrected chi connectivity index (χ3v) is 7.58. The predicted octanol–water partition coefficient (Wildman–Crippen LogP) is 5.39. The highest BCUT2D eigenvalue weighted by Gasteiger charge is 2.45. The first-order chi connectivity index (χ1) is 24.2. The SMILES string of the molecule is O=C(NC/C(=N/C(=O)c1ccc(Nc2nc(NC3(c4ccc(Cl)cc4)CC3)nc(OCC(F)(F)F)n2)cc1)C(=O)O)C(=O)Nc1ccc(Cl)cc1. The molecule has 0 unspecified atom stereocenters. The number of rotatable bonds is 12. The molecule has 5 rings (SSSR count). The lowest BCUT2D eigenvalue weighted by Gasteiger charge is -2.19. The molecule has 1 fully saturated rings. The molecule has 1 aliphatic carbocycles. The van der Waals surface area contributed by atoms with E-state index in [-0.39, 0.29) is 28.8 Å². The monoisotopic (exact) mass is 744 g/mol. The molecule has 51 heavy (non-hydrogen) atoms. The van der Waals surface area contributed by atoms with Crippen LogP contribution in [0.15, 0.2) is 77.8 Å². The first kappa shape index (κ1) is 36.5. The first-order valence-electron chi connectivity index (χ1n) is 14.7. The van der Waals surface area contributed by atoms with Crippen molar-refractivity contribution in [1.82, 2.24) is 20.3 Å². The van der Waals surface area contributed by atoms with Crippen LogP contribution in [0.5, 0.6) is 6.01 Å². The van der Waals surface area contributed by atoms with Gasteiger partial charge in [-0.1, -0.05) is 35.3 Å². The number of halogens is 5. The Morgan fingerprint density at radius 3 is 2.00 bits per heavy atom. The number of ether oxygens (including phenoxy) is 1. The Balaban J connectivity index is 1.25. The molecular weight excluding hydrogens is 720 g/mol. The molecule has 1 saturated carbocycles. The van der Waals surface area contributed by atoms with Gasteiger partial charge in [-0.05, 0) is 79.1 Å². The van der Waals surface area contributed by atoms with Crippen LogP contribution in [0.1, 0.15) is 28.8 Å². The summed E-state index contributed by atoms with van der Waals surface area (Å²) in [5.74, 6) is -5.11. The van der Waals surface area contributed by atoms with E-state index in [1.165, 1.54) is 48.5 Å². The van der Waals surface area contributed by atoms with E-state index < -0.39 is 60.3 Å². The van der Waals surface area contributed by atoms with Gasteiger partial charge < -0.3 is 31.1 Å². The van der Waals surface area contributed by atoms with Crippen LogP contribution >= 0.6 is 23.2 Å². The zero-order valence-corrected chi connectivity index (χ0v) is 27.4. The van der Waals surface area contributed by atoms with E-state index in [0.29, 0.717) is 22.9 Å². The number of hydrogen-bond acceptors (Lipinski definition) is 10. The van der Waals surface area contributed by atoms with Gasteiger partial charge in [-0.15, -0.1) is 0 Å². The Kier molecular flexibility index (Phi) is 11.0. The quantitative estimate of drug-likeness (QED) is 0.0922. The van der Waals surface area contributed by atoms with Gasteiger partial charge in [0.1, 0.15) is 5.71 Å². The number of carboxylic acid groups (broad SMARTS) is 1. The highest BCUT2D eigenvalue weighted by atomic mass is 35.5. The molecule has 1 aromatic heterocycles. The molecule has 3 amide bonds. The number of carbonyl (C=O) groups is 4. The van der Waals surface area contributed by atoms with Crippen LogP contribution in [-0.4, -0.2) is 68.8 Å². The number of carbonyl (C=O) groups excluding carboxylic acids is 3. The van der Waals surface area contributed by atoms with Gasteiger partial charge in [0.2, 0.25) is 11.9 Å². The number of nitrogens with zero attached hydrogens (tertiary/aromatic N) is 4. The Morgan fingerprint density at radius 1 is 0.824 bits per heavy atom. The van der Waals surface area contributed by atoms with Gasteiger partial charge in [0.15, 0.2) is 6.61 Å². The number of anilines is 4. The molecular formula is C32H25Cl2F3N8O6. The standard InChI is InChI=1S/C32H25Cl2F3N8O6/c33-19-5-3-18(4-6-19)31(13-14-31)45-29-42-28(43-30(44-29)51-16-32(35,36)37)40-22-9-1-17(2-10-22)24(46)41-23(27(49)50)15-38-25(47)26(48)39-21-11-7-20(34)8-12-21/h1-12H,13-16H2,(H,38,47)(H,39,48)(H,49,50)(H2,40,42,43,44,45)/b41-23-. The molecule has 1 heterocycles. The lowest BCUT2D eigenvalue weighted by Crippen LogP contribution is -2.40. The van der Waals surface area contributed by atoms with Gasteiger partial charge in [-0.2, -0.15) is 28.1 Å². The minimum atomic E-state index is -4.65. The number of hydrogen-bond donors (Lipinski definition) is 5. The second kappa shape index (κ2) is 15.4. The van der Waals surface area contributed by atoms with E-state index >= 15 is 0 Å². The van der Waals surface area contributed by atoms with Gasteiger partial charge in [-0.3, -0.25) is 14.4 Å². The van der Waals surface area contributed by atoms with Gasteiger partial charge >= 0.3 is 30.0 Å². The van der Waals surface area contributed by atoms with Crippen LogP contribution < -0.4 is 26.0 Å². The van der Waals surface area contributed by atoms with Crippen molar-refractivity contribution in [1.29, 1.82) is 0 Å². The van der Waals surface area contributed by atoms with E-state index in [2.05, 4.69) is 41.2 Å². The van der Waals surface area contributed by atoms with Crippen molar-refractivity contribution in [2.75, 3.05) is 29.1 Å². The average molecular weight is 746 g/mol. The molecule has 264 valence electrons. The molecule has 5 N–H and O–H groups in total. The number of aliphatic carboxylic acids is 1. The summed E-state index contributed by atoms with van der Waals surface area (Å²) < 4.78 is 43.5. The van der Waals surface area contributed by atoms with E-state index in [1.54, 1.807) is 12.1 Å². The highest BCUT2D eigenvalue weighted by molar-refractivity contribution is 6.42. The van der Waals surface area contributed by atoms with E-state index in [4.69, 9.17) is 27.9 Å². The van der Waals surface area contributed by atoms with Crippen LogP contribution in [0, 0.1) is 0 Å². The number of aliphatic imine (C=N–C) groups is 1. The number of alkyl halides is 3. The van der Waals surface area contributed by atoms with Crippen molar-refractivity contribution in [2.24, 2.45) is 4.99 Å². The summed E-state index contributed by atoms with van der Waals surface area (Å²) in [4.78, 5) is 64.6. The fourth-order valence-corrected chi connectivity index (χ4v) is 4.67. The zero-order chi connectivity index (χ0) is 36.8. The molecule has 4 aromatic rings. The lowest BCUT2D eigenvalue weighted by atomic mass is 10.1. The van der Waals surface area contributed by atoms with Gasteiger partial charge in [0.25, 0.3) is 5.91 Å². The second-order valence-electron chi connectivity index (χ2n) is 10.9. The van der Waals surface area contributed by atoms with E-state index in [9.17, 15) is 37.5 Å². The molecule has 1 aliphatic rings. The molecule has 0 atom stereocenters. The maximum Gasteiger partial charge on any atom is 0.422 e. The fourth-order valence-electron chi connectivity index (χ4n) is 4.41. The van der Waals surface area contributed by atoms with Crippen LogP contribution in [-0.2, 0) is 19.9 Å². The zero-order valence-electron chi connectivity index (χ0n) is 25.9. The number of benzene rings is 3. The van der Waals surface area contributed by atoms with Gasteiger partial charge in [0, 0.05) is 27.0 Å². The minimum absolute atomic E-state index is 0.0584. The molecule has 0 aliphatic heterocycles. The Labute approximate surface area is 296 Å². The maximum absolute atomic E-state index is 12.9. The third kappa shape index (κ3) is 10.3. The third-order valence-electron chi connectivity index (χ3n) is 7.07. The van der Waals surface area contributed by atoms with Crippen LogP contribution in [0.2, 0.25) is 10.0 Å². The van der Waals surface area contributed by atoms with Crippen molar-refractivity contribution >= 4 is 75.9 Å². The average Bonchev–Trinajstić information content (AvgIpc) is 3.86. The smallest absolute Gasteiger partial charge is 0.422 e. The number of amides is 3. The normalized spacial score (nSPS) is 13.5. The first-order valence-corrected chi connectivity index (χ1v) is 15.5. The molecule has 0 saturated heterocycles. The number of aromatic nitrogens is 3. The maximum atomic E-state index is 12.9. The van der Waals surface area contributed by atoms with Gasteiger partial charge in [-0.25, -0.2) is 9.79 Å². The minimum Gasteiger partial charge on any atom is -0.477 e. The summed E-state index contributed by atoms with van der Waals surface area (Å²) in [6.07, 6.45) is -3.27. The molecule has 0 bridgehead atoms. The van der Waals surface area contributed by atoms with E-state index in [1.807, 2.05) is 12.1 Å². The Morgan fingerprint density at radius 2 is 1.41 bits per heavy atom. The summed E-state index contributed by atoms with van der Waals surface area (Å²) in [5.41, 5.74) is 0.0363. The largest absolute Gasteiger partial charge is 0.477 e. The fraction of sp³-hybridized carbons (Fsp3) is 0.188. The van der Waals surface area contributed by atoms with Crippen LogP contribution in [0.25, 0.3) is 0 Å². The summed E-state index contributed by atoms with van der Waals surface area (Å²) in [6, 6.07) is 17.7. The predicted molar refractivity (Wildman–Crippen MR) is 180 cm³/mol. The van der Waals surface area contributed by atoms with Crippen molar-refractivity contribution in [2.45, 2.75) is 24.6 Å². The highest BCUT2D eigenvalue weighted by Crippen LogP contribution is 2.48. The van der Waals surface area contributed by atoms with E-state index in [0.717, 1.165) is 5.56 Å². The summed E-state index contributed by atoms with van der Waals surface area (Å²) >= 11 is 11.8. The second-order valence-corrected chi connectivity index (χ2v) is 11.8. The van der Waals surface area contributed by atoms with Crippen molar-refractivity contribution in [3.8, 4) is 6.01 Å². The molecule has 19 heteroatoms. The summed E-state index contributed by atoms with van der Waals surface area (Å²) in [7, 11) is 0. The lowest BCUT2D eigenvalue weighted by molar-refractivity contribution is -0.154. The van der Waals surface area contributed by atoms with Crippen LogP contribution in [0.3, 0.4) is 0 Å². The topological polar surface area (TPSA) is 197 Å². The molecule has 3 aromatic carbocycles. The molecule has 14 nitrogen and oxygen atoms in total. The molecule has 0 radical (unpaired) electrons. The number of nitrogens with one attached hydrogen (secondary N) is 4. The van der Waals surface area contributed by atoms with Crippen molar-refractivity contribution < 1.29 is 42.2 Å². The summed E-state index contributed by atoms with van der Waals surface area (Å²) in [5, 5.41) is 20.8.